The van der Waals surface area contributed by atoms with E-state index in [9.17, 15) is 22.8 Å². The number of benzene rings is 2. The van der Waals surface area contributed by atoms with Gasteiger partial charge in [-0.05, 0) is 51.6 Å². The van der Waals surface area contributed by atoms with Gasteiger partial charge in [-0.2, -0.15) is 0 Å². The smallest absolute Gasteiger partial charge is 0.405 e. The molecule has 2 amide bonds. The molecule has 1 aliphatic heterocycles. The van der Waals surface area contributed by atoms with E-state index in [1.165, 1.54) is 30.3 Å². The molecule has 10 heteroatoms. The molecule has 1 unspecified atom stereocenters. The van der Waals surface area contributed by atoms with Crippen molar-refractivity contribution in [3.05, 3.63) is 47.5 Å². The van der Waals surface area contributed by atoms with Gasteiger partial charge >= 0.3 is 6.36 Å². The van der Waals surface area contributed by atoms with Gasteiger partial charge in [-0.1, -0.05) is 35.9 Å². The van der Waals surface area contributed by atoms with Gasteiger partial charge in [0.05, 0.1) is 11.6 Å². The molecule has 178 valence electrons. The van der Waals surface area contributed by atoms with Crippen LogP contribution in [-0.2, 0) is 9.59 Å². The predicted octanol–water partition coefficient (Wildman–Crippen LogP) is 4.79. The summed E-state index contributed by atoms with van der Waals surface area (Å²) in [5, 5.41) is 2.93. The van der Waals surface area contributed by atoms with Crippen molar-refractivity contribution in [2.45, 2.75) is 31.7 Å². The van der Waals surface area contributed by atoms with Crippen LogP contribution in [0, 0.1) is 0 Å². The van der Waals surface area contributed by atoms with Crippen LogP contribution >= 0.6 is 11.6 Å². The number of nitrogens with one attached hydrogen (secondary N) is 1. The largest absolute Gasteiger partial charge is 0.573 e. The fourth-order valence-corrected chi connectivity index (χ4v) is 4.09. The lowest BCUT2D eigenvalue weighted by molar-refractivity contribution is -0.274. The number of rotatable bonds is 6. The van der Waals surface area contributed by atoms with Crippen LogP contribution in [0.1, 0.15) is 19.3 Å². The number of hydrogen-bond acceptors (Lipinski definition) is 4. The summed E-state index contributed by atoms with van der Waals surface area (Å²) < 4.78 is 42.3. The Morgan fingerprint density at radius 3 is 2.55 bits per heavy atom. The molecule has 0 aliphatic carbocycles. The number of amides is 2. The Hall–Kier alpha value is -2.78. The number of likely N-dealkylation sites (N-methyl/N-ethyl adjacent to an activating group) is 1. The molecule has 6 nitrogen and oxygen atoms in total. The molecule has 1 atom stereocenters. The maximum absolute atomic E-state index is 12.9. The lowest BCUT2D eigenvalue weighted by Gasteiger charge is -2.35. The molecule has 1 saturated heterocycles. The van der Waals surface area contributed by atoms with E-state index in [0.717, 1.165) is 12.8 Å². The van der Waals surface area contributed by atoms with Crippen LogP contribution in [0.4, 0.5) is 18.9 Å². The molecule has 2 aromatic carbocycles. The third-order valence-corrected chi connectivity index (χ3v) is 5.53. The van der Waals surface area contributed by atoms with Crippen molar-refractivity contribution >= 4 is 29.1 Å². The maximum atomic E-state index is 12.9. The number of piperidine rings is 1. The molecule has 0 radical (unpaired) electrons. The van der Waals surface area contributed by atoms with Gasteiger partial charge in [-0.15, -0.1) is 13.2 Å². The lowest BCUT2D eigenvalue weighted by atomic mass is 10.0. The zero-order chi connectivity index (χ0) is 24.2. The summed E-state index contributed by atoms with van der Waals surface area (Å²) in [5.74, 6) is -0.818. The van der Waals surface area contributed by atoms with Crippen LogP contribution in [0.15, 0.2) is 42.5 Å². The van der Waals surface area contributed by atoms with Crippen LogP contribution in [0.25, 0.3) is 11.1 Å². The molecule has 0 spiro atoms. The Morgan fingerprint density at radius 2 is 1.88 bits per heavy atom. The van der Waals surface area contributed by atoms with E-state index in [2.05, 4.69) is 10.1 Å². The second-order valence-corrected chi connectivity index (χ2v) is 8.47. The number of anilines is 1. The van der Waals surface area contributed by atoms with Crippen molar-refractivity contribution < 1.29 is 27.5 Å². The number of carbonyl (C=O) groups excluding carboxylic acids is 2. The van der Waals surface area contributed by atoms with E-state index in [0.29, 0.717) is 24.2 Å². The van der Waals surface area contributed by atoms with Crippen LogP contribution < -0.4 is 10.1 Å². The van der Waals surface area contributed by atoms with E-state index in [4.69, 9.17) is 11.6 Å². The van der Waals surface area contributed by atoms with E-state index < -0.39 is 12.4 Å². The van der Waals surface area contributed by atoms with Crippen molar-refractivity contribution in [2.75, 3.05) is 32.5 Å². The fourth-order valence-electron chi connectivity index (χ4n) is 3.80. The summed E-state index contributed by atoms with van der Waals surface area (Å²) in [6.45, 7) is 0.726. The average molecular weight is 484 g/mol. The summed E-state index contributed by atoms with van der Waals surface area (Å²) >= 11 is 6.35. The highest BCUT2D eigenvalue weighted by Gasteiger charge is 2.33. The van der Waals surface area contributed by atoms with Gasteiger partial charge in [0.1, 0.15) is 11.8 Å². The monoisotopic (exact) mass is 483 g/mol. The number of hydrogen-bond donors (Lipinski definition) is 1. The SMILES string of the molecule is CN(C)CC(=O)N1CCCCC1C(=O)Nc1ccc(-c2ccccc2OC(F)(F)F)c(Cl)c1. The van der Waals surface area contributed by atoms with Crippen molar-refractivity contribution in [2.24, 2.45) is 0 Å². The van der Waals surface area contributed by atoms with Gasteiger partial charge in [-0.25, -0.2) is 0 Å². The number of para-hydroxylation sites is 1. The molecule has 3 rings (SSSR count). The molecule has 0 bridgehead atoms. The first-order chi connectivity index (χ1) is 15.5. The molecule has 1 aliphatic rings. The normalized spacial score (nSPS) is 16.6. The van der Waals surface area contributed by atoms with Crippen LogP contribution in [0.5, 0.6) is 5.75 Å². The molecule has 2 aromatic rings. The van der Waals surface area contributed by atoms with Gasteiger partial charge in [0.25, 0.3) is 0 Å². The van der Waals surface area contributed by atoms with E-state index in [-0.39, 0.29) is 34.7 Å². The Kier molecular flexibility index (Phi) is 7.86. The van der Waals surface area contributed by atoms with Gasteiger partial charge in [-0.3, -0.25) is 9.59 Å². The third kappa shape index (κ3) is 6.61. The summed E-state index contributed by atoms with van der Waals surface area (Å²) in [6, 6.07) is 9.63. The topological polar surface area (TPSA) is 61.9 Å². The van der Waals surface area contributed by atoms with Gasteiger partial charge < -0.3 is 19.9 Å². The zero-order valence-electron chi connectivity index (χ0n) is 18.3. The molecule has 1 fully saturated rings. The number of alkyl halides is 3. The highest BCUT2D eigenvalue weighted by Crippen LogP contribution is 2.38. The van der Waals surface area contributed by atoms with E-state index in [1.54, 1.807) is 36.0 Å². The molecule has 1 heterocycles. The Bertz CT molecular complexity index is 1010. The molecular formula is C23H25ClF3N3O3. The van der Waals surface area contributed by atoms with Gasteiger partial charge in [0, 0.05) is 23.4 Å². The van der Waals surface area contributed by atoms with E-state index >= 15 is 0 Å². The average Bonchev–Trinajstić information content (AvgIpc) is 2.73. The molecule has 0 aromatic heterocycles. The first-order valence-corrected chi connectivity index (χ1v) is 10.8. The standard InChI is InChI=1S/C23H25ClF3N3O3/c1-29(2)14-21(31)30-12-6-5-8-19(30)22(32)28-15-10-11-16(18(24)13-15)17-7-3-4-9-20(17)33-23(25,26)27/h3-4,7,9-11,13,19H,5-6,8,12,14H2,1-2H3,(H,28,32). The van der Waals surface area contributed by atoms with Crippen LogP contribution in [-0.4, -0.2) is 61.2 Å². The molecule has 33 heavy (non-hydrogen) atoms. The number of ether oxygens (including phenoxy) is 1. The minimum absolute atomic E-state index is 0.116. The second-order valence-electron chi connectivity index (χ2n) is 8.06. The number of carbonyl (C=O) groups is 2. The number of nitrogens with zero attached hydrogens (tertiary/aromatic N) is 2. The zero-order valence-corrected chi connectivity index (χ0v) is 19.0. The minimum Gasteiger partial charge on any atom is -0.405 e. The van der Waals surface area contributed by atoms with Crippen molar-refractivity contribution in [3.8, 4) is 16.9 Å². The minimum atomic E-state index is -4.84. The van der Waals surface area contributed by atoms with Crippen LogP contribution in [0.2, 0.25) is 5.02 Å². The summed E-state index contributed by atoms with van der Waals surface area (Å²) in [7, 11) is 3.58. The third-order valence-electron chi connectivity index (χ3n) is 5.22. The van der Waals surface area contributed by atoms with Crippen molar-refractivity contribution in [1.82, 2.24) is 9.80 Å². The van der Waals surface area contributed by atoms with Crippen molar-refractivity contribution in [3.63, 3.8) is 0 Å². The highest BCUT2D eigenvalue weighted by molar-refractivity contribution is 6.33. The van der Waals surface area contributed by atoms with E-state index in [1.807, 2.05) is 0 Å². The maximum Gasteiger partial charge on any atom is 0.573 e. The summed E-state index contributed by atoms with van der Waals surface area (Å²) in [6.07, 6.45) is -2.62. The van der Waals surface area contributed by atoms with Gasteiger partial charge in [0.15, 0.2) is 0 Å². The quantitative estimate of drug-likeness (QED) is 0.642. The Balaban J connectivity index is 1.78. The summed E-state index contributed by atoms with van der Waals surface area (Å²) in [4.78, 5) is 28.8. The Labute approximate surface area is 195 Å². The highest BCUT2D eigenvalue weighted by atomic mass is 35.5. The molecular weight excluding hydrogens is 459 g/mol. The molecule has 0 saturated carbocycles. The fraction of sp³-hybridized carbons (Fsp3) is 0.391. The van der Waals surface area contributed by atoms with Gasteiger partial charge in [0.2, 0.25) is 11.8 Å². The number of likely N-dealkylation sites (tertiary alicyclic amines) is 1. The Morgan fingerprint density at radius 1 is 1.15 bits per heavy atom. The molecule has 1 N–H and O–H groups in total. The first kappa shape index (κ1) is 24.9. The lowest BCUT2D eigenvalue weighted by Crippen LogP contribution is -2.52. The summed E-state index contributed by atoms with van der Waals surface area (Å²) in [5.41, 5.74) is 0.883. The number of halogens is 4. The predicted molar refractivity (Wildman–Crippen MR) is 120 cm³/mol. The second kappa shape index (κ2) is 10.4. The first-order valence-electron chi connectivity index (χ1n) is 10.4. The van der Waals surface area contributed by atoms with Crippen LogP contribution in [0.3, 0.4) is 0 Å². The van der Waals surface area contributed by atoms with Crippen molar-refractivity contribution in [1.29, 1.82) is 0 Å².